The van der Waals surface area contributed by atoms with E-state index in [9.17, 15) is 0 Å². The first-order chi connectivity index (χ1) is 14.3. The van der Waals surface area contributed by atoms with Gasteiger partial charge in [0.25, 0.3) is 0 Å². The number of halogens is 2. The molecule has 0 aromatic heterocycles. The van der Waals surface area contributed by atoms with E-state index in [2.05, 4.69) is 24.9 Å². The lowest BCUT2D eigenvalue weighted by atomic mass is 9.86. The quantitative estimate of drug-likeness (QED) is 0.581. The standard InChI is InChI=1S/C23H24Cl2N2O3/c1-22(2)13-23(9-10-29-22)27-19(16-5-4-6-20(28-3)21(16)30-23)12-18(26-27)15-8-7-14(24)11-17(15)25/h4-8,11,19H,9-10,12-13H2,1-3H3/t19-,23+/m0/s1. The van der Waals surface area contributed by atoms with Crippen molar-refractivity contribution in [1.82, 2.24) is 5.01 Å². The van der Waals surface area contributed by atoms with E-state index >= 15 is 0 Å². The predicted octanol–water partition coefficient (Wildman–Crippen LogP) is 5.83. The van der Waals surface area contributed by atoms with Gasteiger partial charge in [-0.1, -0.05) is 41.4 Å². The van der Waals surface area contributed by atoms with Gasteiger partial charge in [-0.15, -0.1) is 0 Å². The summed E-state index contributed by atoms with van der Waals surface area (Å²) in [4.78, 5) is 0. The summed E-state index contributed by atoms with van der Waals surface area (Å²) in [5.74, 6) is 1.55. The lowest BCUT2D eigenvalue weighted by molar-refractivity contribution is -0.212. The van der Waals surface area contributed by atoms with Crippen molar-refractivity contribution in [3.05, 3.63) is 57.6 Å². The van der Waals surface area contributed by atoms with Gasteiger partial charge in [-0.2, -0.15) is 5.10 Å². The average Bonchev–Trinajstić information content (AvgIpc) is 3.13. The van der Waals surface area contributed by atoms with Crippen LogP contribution >= 0.6 is 23.2 Å². The van der Waals surface area contributed by atoms with Crippen LogP contribution in [0.5, 0.6) is 11.5 Å². The van der Waals surface area contributed by atoms with Crippen LogP contribution in [0, 0.1) is 0 Å². The molecule has 1 saturated heterocycles. The van der Waals surface area contributed by atoms with Gasteiger partial charge in [0.2, 0.25) is 5.72 Å². The third-order valence-electron chi connectivity index (χ3n) is 6.14. The molecule has 1 spiro atoms. The molecule has 7 heteroatoms. The Morgan fingerprint density at radius 2 is 2.03 bits per heavy atom. The fourth-order valence-electron chi connectivity index (χ4n) is 4.89. The maximum Gasteiger partial charge on any atom is 0.203 e. The van der Waals surface area contributed by atoms with E-state index in [1.807, 2.05) is 24.3 Å². The summed E-state index contributed by atoms with van der Waals surface area (Å²) in [6.07, 6.45) is 2.14. The maximum atomic E-state index is 6.73. The molecule has 3 heterocycles. The van der Waals surface area contributed by atoms with E-state index < -0.39 is 5.72 Å². The zero-order valence-corrected chi connectivity index (χ0v) is 18.8. The van der Waals surface area contributed by atoms with E-state index in [4.69, 9.17) is 42.5 Å². The number of methoxy groups -OCH3 is 1. The van der Waals surface area contributed by atoms with Crippen LogP contribution < -0.4 is 9.47 Å². The zero-order chi connectivity index (χ0) is 21.1. The number of rotatable bonds is 2. The van der Waals surface area contributed by atoms with Gasteiger partial charge >= 0.3 is 0 Å². The lowest BCUT2D eigenvalue weighted by Crippen LogP contribution is -2.60. The van der Waals surface area contributed by atoms with Crippen LogP contribution in [-0.2, 0) is 4.74 Å². The second-order valence-corrected chi connectivity index (χ2v) is 9.54. The Balaban J connectivity index is 1.64. The summed E-state index contributed by atoms with van der Waals surface area (Å²) in [7, 11) is 1.68. The first-order valence-corrected chi connectivity index (χ1v) is 10.9. The minimum atomic E-state index is -0.602. The molecule has 2 aromatic carbocycles. The number of para-hydroxylation sites is 1. The highest BCUT2D eigenvalue weighted by atomic mass is 35.5. The molecular formula is C23H24Cl2N2O3. The highest BCUT2D eigenvalue weighted by Gasteiger charge is 2.55. The Morgan fingerprint density at radius 1 is 1.20 bits per heavy atom. The van der Waals surface area contributed by atoms with Gasteiger partial charge in [-0.3, -0.25) is 0 Å². The molecule has 30 heavy (non-hydrogen) atoms. The Bertz CT molecular complexity index is 1040. The number of benzene rings is 2. The fraction of sp³-hybridized carbons (Fsp3) is 0.435. The van der Waals surface area contributed by atoms with Crippen LogP contribution in [0.4, 0.5) is 0 Å². The number of ether oxygens (including phenoxy) is 3. The van der Waals surface area contributed by atoms with Crippen LogP contribution in [0.3, 0.4) is 0 Å². The van der Waals surface area contributed by atoms with Gasteiger partial charge in [0, 0.05) is 35.4 Å². The minimum Gasteiger partial charge on any atom is -0.493 e. The van der Waals surface area contributed by atoms with Gasteiger partial charge < -0.3 is 14.2 Å². The van der Waals surface area contributed by atoms with Crippen LogP contribution in [0.2, 0.25) is 10.0 Å². The molecule has 3 aliphatic heterocycles. The van der Waals surface area contributed by atoms with Crippen molar-refractivity contribution in [1.29, 1.82) is 0 Å². The summed E-state index contributed by atoms with van der Waals surface area (Å²) >= 11 is 12.6. The molecule has 0 N–H and O–H groups in total. The molecule has 0 saturated carbocycles. The first kappa shape index (κ1) is 20.0. The average molecular weight is 447 g/mol. The van der Waals surface area contributed by atoms with Gasteiger partial charge in [-0.05, 0) is 32.0 Å². The zero-order valence-electron chi connectivity index (χ0n) is 17.2. The monoisotopic (exact) mass is 446 g/mol. The summed E-state index contributed by atoms with van der Waals surface area (Å²) in [6.45, 7) is 4.80. The topological polar surface area (TPSA) is 43.3 Å². The molecule has 0 radical (unpaired) electrons. The molecule has 0 bridgehead atoms. The van der Waals surface area contributed by atoms with E-state index in [-0.39, 0.29) is 11.6 Å². The van der Waals surface area contributed by atoms with Crippen molar-refractivity contribution in [2.75, 3.05) is 13.7 Å². The second-order valence-electron chi connectivity index (χ2n) is 8.70. The molecule has 2 atom stereocenters. The van der Waals surface area contributed by atoms with Gasteiger partial charge in [0.1, 0.15) is 0 Å². The highest BCUT2D eigenvalue weighted by molar-refractivity contribution is 6.37. The van der Waals surface area contributed by atoms with Crippen LogP contribution in [0.1, 0.15) is 50.3 Å². The van der Waals surface area contributed by atoms with E-state index in [1.54, 1.807) is 13.2 Å². The normalized spacial score (nSPS) is 26.6. The third-order valence-corrected chi connectivity index (χ3v) is 6.69. The molecule has 5 nitrogen and oxygen atoms in total. The van der Waals surface area contributed by atoms with E-state index in [1.165, 1.54) is 0 Å². The molecule has 1 fully saturated rings. The minimum absolute atomic E-state index is 0.0412. The Labute approximate surface area is 186 Å². The Kier molecular flexibility index (Phi) is 4.69. The number of fused-ring (bicyclic) bond motifs is 4. The summed E-state index contributed by atoms with van der Waals surface area (Å²) in [5, 5.41) is 8.42. The number of hydrazone groups is 1. The molecular weight excluding hydrogens is 423 g/mol. The Morgan fingerprint density at radius 3 is 2.77 bits per heavy atom. The van der Waals surface area contributed by atoms with Crippen molar-refractivity contribution in [3.63, 3.8) is 0 Å². The summed E-state index contributed by atoms with van der Waals surface area (Å²) in [6, 6.07) is 11.6. The molecule has 3 aliphatic rings. The third kappa shape index (κ3) is 3.15. The van der Waals surface area contributed by atoms with Crippen LogP contribution in [0.15, 0.2) is 41.5 Å². The van der Waals surface area contributed by atoms with Crippen molar-refractivity contribution in [3.8, 4) is 11.5 Å². The van der Waals surface area contributed by atoms with Gasteiger partial charge in [-0.25, -0.2) is 5.01 Å². The second kappa shape index (κ2) is 7.04. The van der Waals surface area contributed by atoms with Crippen molar-refractivity contribution >= 4 is 28.9 Å². The van der Waals surface area contributed by atoms with Crippen LogP contribution in [0.25, 0.3) is 0 Å². The van der Waals surface area contributed by atoms with Crippen molar-refractivity contribution < 1.29 is 14.2 Å². The molecule has 158 valence electrons. The largest absolute Gasteiger partial charge is 0.493 e. The molecule has 0 aliphatic carbocycles. The molecule has 0 unspecified atom stereocenters. The van der Waals surface area contributed by atoms with Crippen LogP contribution in [-0.4, -0.2) is 35.8 Å². The van der Waals surface area contributed by atoms with Gasteiger partial charge in [0.05, 0.1) is 36.1 Å². The maximum absolute atomic E-state index is 6.73. The smallest absolute Gasteiger partial charge is 0.203 e. The summed E-state index contributed by atoms with van der Waals surface area (Å²) in [5.41, 5.74) is 1.99. The number of hydrogen-bond donors (Lipinski definition) is 0. The fourth-order valence-corrected chi connectivity index (χ4v) is 5.41. The van der Waals surface area contributed by atoms with Crippen molar-refractivity contribution in [2.45, 2.75) is 50.5 Å². The molecule has 0 amide bonds. The number of hydrogen-bond acceptors (Lipinski definition) is 5. The number of nitrogens with zero attached hydrogens (tertiary/aromatic N) is 2. The van der Waals surface area contributed by atoms with Crippen molar-refractivity contribution in [2.24, 2.45) is 5.10 Å². The molecule has 5 rings (SSSR count). The lowest BCUT2D eigenvalue weighted by Gasteiger charge is -2.52. The van der Waals surface area contributed by atoms with E-state index in [0.29, 0.717) is 23.1 Å². The molecule has 2 aromatic rings. The van der Waals surface area contributed by atoms with E-state index in [0.717, 1.165) is 41.2 Å². The first-order valence-electron chi connectivity index (χ1n) is 10.1. The Hall–Kier alpha value is -1.95. The SMILES string of the molecule is COc1cccc2c1O[C@@]1(CCOC(C)(C)C1)N1N=C(c3ccc(Cl)cc3Cl)C[C@@H]21. The predicted molar refractivity (Wildman–Crippen MR) is 118 cm³/mol. The summed E-state index contributed by atoms with van der Waals surface area (Å²) < 4.78 is 18.4. The highest BCUT2D eigenvalue weighted by Crippen LogP contribution is 2.54. The van der Waals surface area contributed by atoms with Gasteiger partial charge in [0.15, 0.2) is 11.5 Å².